The van der Waals surface area contributed by atoms with E-state index in [1.54, 1.807) is 4.68 Å². The van der Waals surface area contributed by atoms with E-state index >= 15 is 0 Å². The van der Waals surface area contributed by atoms with E-state index < -0.39 is 0 Å². The predicted molar refractivity (Wildman–Crippen MR) is 104 cm³/mol. The summed E-state index contributed by atoms with van der Waals surface area (Å²) in [6, 6.07) is 4.11. The van der Waals surface area contributed by atoms with Crippen LogP contribution in [0.1, 0.15) is 48.3 Å². The van der Waals surface area contributed by atoms with Crippen molar-refractivity contribution in [1.82, 2.24) is 29.9 Å². The van der Waals surface area contributed by atoms with Crippen LogP contribution in [0.25, 0.3) is 11.0 Å². The Morgan fingerprint density at radius 3 is 2.70 bits per heavy atom. The molecule has 1 aliphatic carbocycles. The van der Waals surface area contributed by atoms with Gasteiger partial charge < -0.3 is 5.32 Å². The van der Waals surface area contributed by atoms with E-state index in [-0.39, 0.29) is 18.5 Å². The molecule has 0 radical (unpaired) electrons. The number of carbonyl (C=O) groups excluding carboxylic acids is 1. The molecule has 0 spiro atoms. The van der Waals surface area contributed by atoms with Crippen molar-refractivity contribution >= 4 is 16.9 Å². The zero-order valence-electron chi connectivity index (χ0n) is 16.4. The maximum Gasteiger partial charge on any atom is 0.242 e. The molecule has 1 amide bonds. The van der Waals surface area contributed by atoms with E-state index in [4.69, 9.17) is 0 Å². The number of fused-ring (bicyclic) bond motifs is 1. The van der Waals surface area contributed by atoms with Crippen molar-refractivity contribution in [3.63, 3.8) is 0 Å². The standard InChI is InChI=1S/C20H26N6O/c1-12-9-14(3)25(23-12)10-13(2)22-18(27)11-26-20-19(15(4)24-26)17(7-8-21-20)16-5-6-16/h7-9,13,16H,5-6,10-11H2,1-4H3,(H,22,27). The Morgan fingerprint density at radius 1 is 1.26 bits per heavy atom. The second-order valence-corrected chi connectivity index (χ2v) is 7.69. The summed E-state index contributed by atoms with van der Waals surface area (Å²) in [5.41, 5.74) is 5.16. The van der Waals surface area contributed by atoms with Crippen molar-refractivity contribution in [3.8, 4) is 0 Å². The molecule has 0 aromatic carbocycles. The molecule has 27 heavy (non-hydrogen) atoms. The van der Waals surface area contributed by atoms with Crippen LogP contribution in [-0.2, 0) is 17.9 Å². The first-order valence-corrected chi connectivity index (χ1v) is 9.55. The van der Waals surface area contributed by atoms with Gasteiger partial charge in [-0.25, -0.2) is 9.67 Å². The van der Waals surface area contributed by atoms with Gasteiger partial charge in [-0.15, -0.1) is 0 Å². The van der Waals surface area contributed by atoms with Gasteiger partial charge in [-0.3, -0.25) is 9.48 Å². The van der Waals surface area contributed by atoms with E-state index in [1.807, 2.05) is 44.6 Å². The smallest absolute Gasteiger partial charge is 0.242 e. The van der Waals surface area contributed by atoms with Crippen LogP contribution >= 0.6 is 0 Å². The van der Waals surface area contributed by atoms with Crippen LogP contribution in [0.5, 0.6) is 0 Å². The fraction of sp³-hybridized carbons (Fsp3) is 0.500. The molecule has 142 valence electrons. The lowest BCUT2D eigenvalue weighted by atomic mass is 10.1. The number of amides is 1. The van der Waals surface area contributed by atoms with E-state index in [9.17, 15) is 4.79 Å². The zero-order valence-corrected chi connectivity index (χ0v) is 16.4. The summed E-state index contributed by atoms with van der Waals surface area (Å²) >= 11 is 0. The Morgan fingerprint density at radius 2 is 2.04 bits per heavy atom. The van der Waals surface area contributed by atoms with Gasteiger partial charge in [-0.05, 0) is 64.2 Å². The van der Waals surface area contributed by atoms with Gasteiger partial charge in [-0.1, -0.05) is 0 Å². The molecule has 1 aliphatic rings. The fourth-order valence-corrected chi connectivity index (χ4v) is 3.78. The molecule has 7 heteroatoms. The molecule has 3 aromatic rings. The van der Waals surface area contributed by atoms with Gasteiger partial charge in [0.15, 0.2) is 5.65 Å². The van der Waals surface area contributed by atoms with Crippen LogP contribution in [0.15, 0.2) is 18.3 Å². The fourth-order valence-electron chi connectivity index (χ4n) is 3.78. The molecule has 3 aromatic heterocycles. The van der Waals surface area contributed by atoms with Gasteiger partial charge in [0, 0.05) is 23.3 Å². The highest BCUT2D eigenvalue weighted by Gasteiger charge is 2.27. The molecule has 7 nitrogen and oxygen atoms in total. The number of pyridine rings is 1. The second-order valence-electron chi connectivity index (χ2n) is 7.69. The molecular weight excluding hydrogens is 340 g/mol. The maximum atomic E-state index is 12.6. The SMILES string of the molecule is Cc1cc(C)n(CC(C)NC(=O)Cn2nc(C)c3c(C4CC4)ccnc32)n1. The maximum absolute atomic E-state index is 12.6. The third-order valence-corrected chi connectivity index (χ3v) is 5.11. The lowest BCUT2D eigenvalue weighted by Gasteiger charge is -2.15. The van der Waals surface area contributed by atoms with Gasteiger partial charge in [0.05, 0.1) is 17.9 Å². The Bertz CT molecular complexity index is 997. The van der Waals surface area contributed by atoms with E-state index in [2.05, 4.69) is 26.6 Å². The summed E-state index contributed by atoms with van der Waals surface area (Å²) in [5, 5.41) is 13.2. The Kier molecular flexibility index (Phi) is 4.45. The van der Waals surface area contributed by atoms with Gasteiger partial charge >= 0.3 is 0 Å². The molecule has 1 saturated carbocycles. The minimum atomic E-state index is -0.0629. The molecule has 0 saturated heterocycles. The number of hydrogen-bond donors (Lipinski definition) is 1. The van der Waals surface area contributed by atoms with E-state index in [1.165, 1.54) is 18.4 Å². The lowest BCUT2D eigenvalue weighted by molar-refractivity contribution is -0.122. The number of nitrogens with zero attached hydrogens (tertiary/aromatic N) is 5. The van der Waals surface area contributed by atoms with Crippen LogP contribution in [0.3, 0.4) is 0 Å². The molecule has 3 heterocycles. The van der Waals surface area contributed by atoms with Gasteiger partial charge in [0.25, 0.3) is 0 Å². The summed E-state index contributed by atoms with van der Waals surface area (Å²) in [6.07, 6.45) is 4.29. The Balaban J connectivity index is 1.46. The van der Waals surface area contributed by atoms with E-state index in [0.717, 1.165) is 28.1 Å². The summed E-state index contributed by atoms with van der Waals surface area (Å²) in [5.74, 6) is 0.563. The first kappa shape index (κ1) is 17.7. The number of aryl methyl sites for hydroxylation is 3. The van der Waals surface area contributed by atoms with Gasteiger partial charge in [0.1, 0.15) is 6.54 Å². The van der Waals surface area contributed by atoms with E-state index in [0.29, 0.717) is 12.5 Å². The highest BCUT2D eigenvalue weighted by Crippen LogP contribution is 2.43. The van der Waals surface area contributed by atoms with Gasteiger partial charge in [0.2, 0.25) is 5.91 Å². The van der Waals surface area contributed by atoms with Crippen LogP contribution in [0.4, 0.5) is 0 Å². The van der Waals surface area contributed by atoms with Crippen molar-refractivity contribution in [3.05, 3.63) is 41.0 Å². The molecule has 0 bridgehead atoms. The largest absolute Gasteiger partial charge is 0.350 e. The van der Waals surface area contributed by atoms with Crippen LogP contribution in [0.2, 0.25) is 0 Å². The molecule has 0 aliphatic heterocycles. The van der Waals surface area contributed by atoms with Crippen molar-refractivity contribution in [2.45, 2.75) is 65.6 Å². The van der Waals surface area contributed by atoms with Crippen molar-refractivity contribution in [2.75, 3.05) is 0 Å². The average Bonchev–Trinajstić information content (AvgIpc) is 3.33. The van der Waals surface area contributed by atoms with Gasteiger partial charge in [-0.2, -0.15) is 10.2 Å². The quantitative estimate of drug-likeness (QED) is 0.727. The van der Waals surface area contributed by atoms with Crippen molar-refractivity contribution < 1.29 is 4.79 Å². The topological polar surface area (TPSA) is 77.6 Å². The average molecular weight is 366 g/mol. The molecular formula is C20H26N6O. The predicted octanol–water partition coefficient (Wildman–Crippen LogP) is 2.64. The highest BCUT2D eigenvalue weighted by molar-refractivity contribution is 5.85. The molecule has 1 N–H and O–H groups in total. The normalized spacial score (nSPS) is 15.3. The number of carbonyl (C=O) groups is 1. The highest BCUT2D eigenvalue weighted by atomic mass is 16.2. The number of aromatic nitrogens is 5. The van der Waals surface area contributed by atoms with Crippen LogP contribution in [-0.4, -0.2) is 36.5 Å². The summed E-state index contributed by atoms with van der Waals surface area (Å²) in [6.45, 7) is 8.80. The molecule has 1 unspecified atom stereocenters. The minimum Gasteiger partial charge on any atom is -0.350 e. The van der Waals surface area contributed by atoms with Crippen molar-refractivity contribution in [2.24, 2.45) is 0 Å². The lowest BCUT2D eigenvalue weighted by Crippen LogP contribution is -2.38. The number of hydrogen-bond acceptors (Lipinski definition) is 4. The third kappa shape index (κ3) is 3.59. The van der Waals surface area contributed by atoms with Crippen LogP contribution < -0.4 is 5.32 Å². The zero-order chi connectivity index (χ0) is 19.1. The van der Waals surface area contributed by atoms with Crippen molar-refractivity contribution in [1.29, 1.82) is 0 Å². The second kappa shape index (κ2) is 6.79. The Labute approximate surface area is 158 Å². The molecule has 1 fully saturated rings. The monoisotopic (exact) mass is 366 g/mol. The molecule has 4 rings (SSSR count). The number of nitrogens with one attached hydrogen (secondary N) is 1. The minimum absolute atomic E-state index is 0.0200. The molecule has 1 atom stereocenters. The first-order valence-electron chi connectivity index (χ1n) is 9.55. The van der Waals surface area contributed by atoms with Crippen LogP contribution in [0, 0.1) is 20.8 Å². The third-order valence-electron chi connectivity index (χ3n) is 5.11. The summed E-state index contributed by atoms with van der Waals surface area (Å²) in [7, 11) is 0. The Hall–Kier alpha value is -2.70. The summed E-state index contributed by atoms with van der Waals surface area (Å²) in [4.78, 5) is 17.1. The number of rotatable bonds is 6. The first-order chi connectivity index (χ1) is 12.9. The summed E-state index contributed by atoms with van der Waals surface area (Å²) < 4.78 is 3.65.